The van der Waals surface area contributed by atoms with Crippen molar-refractivity contribution < 1.29 is 18.3 Å². The number of halogens is 3. The summed E-state index contributed by atoms with van der Waals surface area (Å²) in [6.07, 6.45) is 0. The molecule has 0 saturated heterocycles. The van der Waals surface area contributed by atoms with Crippen LogP contribution in [0.1, 0.15) is 9.67 Å². The van der Waals surface area contributed by atoms with Crippen molar-refractivity contribution >= 4 is 29.7 Å². The molecule has 0 bridgehead atoms. The van der Waals surface area contributed by atoms with Gasteiger partial charge in [0.15, 0.2) is 0 Å². The Kier molecular flexibility index (Phi) is 7.94. The van der Waals surface area contributed by atoms with Crippen molar-refractivity contribution in [1.29, 1.82) is 0 Å². The van der Waals surface area contributed by atoms with Gasteiger partial charge in [0.1, 0.15) is 5.75 Å². The SMILES string of the molecule is CNCCNC(=O)c1ccc(-c2ccc(OC(F)F)cc2)s1.Cl. The lowest BCUT2D eigenvalue weighted by atomic mass is 10.2. The predicted octanol–water partition coefficient (Wildman–Crippen LogP) is 3.39. The van der Waals surface area contributed by atoms with Gasteiger partial charge in [-0.05, 0) is 49.0 Å². The van der Waals surface area contributed by atoms with Crippen LogP contribution in [0, 0.1) is 0 Å². The molecule has 23 heavy (non-hydrogen) atoms. The van der Waals surface area contributed by atoms with E-state index in [2.05, 4.69) is 15.4 Å². The largest absolute Gasteiger partial charge is 0.435 e. The molecule has 2 N–H and O–H groups in total. The summed E-state index contributed by atoms with van der Waals surface area (Å²) < 4.78 is 28.5. The van der Waals surface area contributed by atoms with E-state index in [0.29, 0.717) is 18.0 Å². The molecule has 1 aromatic heterocycles. The van der Waals surface area contributed by atoms with Crippen molar-refractivity contribution in [2.45, 2.75) is 6.61 Å². The first-order chi connectivity index (χ1) is 10.6. The fourth-order valence-electron chi connectivity index (χ4n) is 1.80. The fraction of sp³-hybridized carbons (Fsp3) is 0.267. The molecule has 0 radical (unpaired) electrons. The minimum absolute atomic E-state index is 0. The van der Waals surface area contributed by atoms with E-state index in [0.717, 1.165) is 10.4 Å². The molecule has 0 fully saturated rings. The number of carbonyl (C=O) groups is 1. The predicted molar refractivity (Wildman–Crippen MR) is 89.9 cm³/mol. The van der Waals surface area contributed by atoms with Crippen molar-refractivity contribution in [1.82, 2.24) is 10.6 Å². The minimum atomic E-state index is -2.83. The summed E-state index contributed by atoms with van der Waals surface area (Å²) in [4.78, 5) is 13.4. The molecule has 1 heterocycles. The molecule has 1 amide bonds. The Morgan fingerprint density at radius 2 is 1.87 bits per heavy atom. The summed E-state index contributed by atoms with van der Waals surface area (Å²) in [5, 5.41) is 5.75. The van der Waals surface area contributed by atoms with E-state index in [4.69, 9.17) is 0 Å². The number of hydrogen-bond acceptors (Lipinski definition) is 4. The number of hydrogen-bond donors (Lipinski definition) is 2. The Morgan fingerprint density at radius 3 is 2.48 bits per heavy atom. The molecule has 0 saturated carbocycles. The third-order valence-corrected chi connectivity index (χ3v) is 3.99. The van der Waals surface area contributed by atoms with Gasteiger partial charge >= 0.3 is 6.61 Å². The molecule has 0 unspecified atom stereocenters. The molecule has 8 heteroatoms. The van der Waals surface area contributed by atoms with Gasteiger partial charge in [-0.15, -0.1) is 23.7 Å². The van der Waals surface area contributed by atoms with Crippen LogP contribution in [0.5, 0.6) is 5.75 Å². The third kappa shape index (κ3) is 5.78. The number of benzene rings is 1. The van der Waals surface area contributed by atoms with E-state index < -0.39 is 6.61 Å². The lowest BCUT2D eigenvalue weighted by molar-refractivity contribution is -0.0498. The van der Waals surface area contributed by atoms with Gasteiger partial charge in [0.25, 0.3) is 5.91 Å². The van der Waals surface area contributed by atoms with Crippen LogP contribution in [0.2, 0.25) is 0 Å². The smallest absolute Gasteiger partial charge is 0.387 e. The van der Waals surface area contributed by atoms with Gasteiger partial charge in [-0.25, -0.2) is 0 Å². The summed E-state index contributed by atoms with van der Waals surface area (Å²) in [7, 11) is 1.82. The third-order valence-electron chi connectivity index (χ3n) is 2.85. The molecular weight excluding hydrogens is 346 g/mol. The van der Waals surface area contributed by atoms with Gasteiger partial charge < -0.3 is 15.4 Å². The molecule has 0 atom stereocenters. The average molecular weight is 363 g/mol. The topological polar surface area (TPSA) is 50.4 Å². The van der Waals surface area contributed by atoms with Crippen molar-refractivity contribution in [2.75, 3.05) is 20.1 Å². The van der Waals surface area contributed by atoms with Gasteiger partial charge in [0.2, 0.25) is 0 Å². The van der Waals surface area contributed by atoms with Gasteiger partial charge in [0.05, 0.1) is 4.88 Å². The van der Waals surface area contributed by atoms with E-state index in [1.165, 1.54) is 23.5 Å². The minimum Gasteiger partial charge on any atom is -0.435 e. The number of likely N-dealkylation sites (N-methyl/N-ethyl adjacent to an activating group) is 1. The van der Waals surface area contributed by atoms with E-state index >= 15 is 0 Å². The normalized spacial score (nSPS) is 10.3. The number of amides is 1. The Hall–Kier alpha value is -1.70. The highest BCUT2D eigenvalue weighted by Crippen LogP contribution is 2.29. The summed E-state index contributed by atoms with van der Waals surface area (Å²) in [6, 6.07) is 9.92. The maximum absolute atomic E-state index is 12.1. The zero-order chi connectivity index (χ0) is 15.9. The Morgan fingerprint density at radius 1 is 1.17 bits per heavy atom. The Bertz CT molecular complexity index is 620. The first kappa shape index (κ1) is 19.3. The maximum atomic E-state index is 12.1. The molecule has 2 aromatic rings. The standard InChI is InChI=1S/C15H16F2N2O2S.ClH/c1-18-8-9-19-14(20)13-7-6-12(22-13)10-2-4-11(5-3-10)21-15(16)17;/h2-7,15,18H,8-9H2,1H3,(H,19,20);1H. The molecule has 126 valence electrons. The van der Waals surface area contributed by atoms with Crippen LogP contribution in [0.25, 0.3) is 10.4 Å². The summed E-state index contributed by atoms with van der Waals surface area (Å²) in [5.41, 5.74) is 0.848. The Balaban J connectivity index is 0.00000264. The average Bonchev–Trinajstić information content (AvgIpc) is 2.97. The van der Waals surface area contributed by atoms with Crippen LogP contribution in [-0.2, 0) is 0 Å². The Labute approximate surface area is 143 Å². The van der Waals surface area contributed by atoms with Crippen LogP contribution in [-0.4, -0.2) is 32.7 Å². The second-order valence-electron chi connectivity index (χ2n) is 4.43. The van der Waals surface area contributed by atoms with Crippen LogP contribution in [0.15, 0.2) is 36.4 Å². The van der Waals surface area contributed by atoms with E-state index in [1.54, 1.807) is 18.2 Å². The van der Waals surface area contributed by atoms with Crippen LogP contribution < -0.4 is 15.4 Å². The van der Waals surface area contributed by atoms with Crippen LogP contribution in [0.3, 0.4) is 0 Å². The van der Waals surface area contributed by atoms with E-state index in [9.17, 15) is 13.6 Å². The maximum Gasteiger partial charge on any atom is 0.387 e. The molecule has 0 aliphatic carbocycles. The molecule has 0 aliphatic rings. The van der Waals surface area contributed by atoms with Gasteiger partial charge in [-0.1, -0.05) is 0 Å². The molecule has 2 rings (SSSR count). The van der Waals surface area contributed by atoms with E-state index in [-0.39, 0.29) is 24.1 Å². The number of thiophene rings is 1. The molecule has 4 nitrogen and oxygen atoms in total. The lowest BCUT2D eigenvalue weighted by Crippen LogP contribution is -2.29. The number of ether oxygens (including phenoxy) is 1. The van der Waals surface area contributed by atoms with Crippen molar-refractivity contribution in [3.8, 4) is 16.2 Å². The first-order valence-electron chi connectivity index (χ1n) is 6.68. The number of rotatable bonds is 7. The molecule has 1 aromatic carbocycles. The molecule has 0 spiro atoms. The molecule has 0 aliphatic heterocycles. The first-order valence-corrected chi connectivity index (χ1v) is 7.49. The number of alkyl halides is 2. The van der Waals surface area contributed by atoms with Gasteiger partial charge in [0, 0.05) is 18.0 Å². The van der Waals surface area contributed by atoms with E-state index in [1.807, 2.05) is 13.1 Å². The molecular formula is C15H17ClF2N2O2S. The quantitative estimate of drug-likeness (QED) is 0.742. The van der Waals surface area contributed by atoms with Gasteiger partial charge in [-0.2, -0.15) is 8.78 Å². The summed E-state index contributed by atoms with van der Waals surface area (Å²) in [5.74, 6) is -0.00973. The van der Waals surface area contributed by atoms with Crippen LogP contribution in [0.4, 0.5) is 8.78 Å². The van der Waals surface area contributed by atoms with Crippen molar-refractivity contribution in [3.63, 3.8) is 0 Å². The summed E-state index contributed by atoms with van der Waals surface area (Å²) >= 11 is 1.35. The second-order valence-corrected chi connectivity index (χ2v) is 5.51. The van der Waals surface area contributed by atoms with Crippen molar-refractivity contribution in [3.05, 3.63) is 41.3 Å². The monoisotopic (exact) mass is 362 g/mol. The second kappa shape index (κ2) is 9.44. The highest BCUT2D eigenvalue weighted by atomic mass is 35.5. The highest BCUT2D eigenvalue weighted by Gasteiger charge is 2.10. The zero-order valence-electron chi connectivity index (χ0n) is 12.3. The van der Waals surface area contributed by atoms with Crippen molar-refractivity contribution in [2.24, 2.45) is 0 Å². The zero-order valence-corrected chi connectivity index (χ0v) is 14.0. The van der Waals surface area contributed by atoms with Crippen LogP contribution >= 0.6 is 23.7 Å². The highest BCUT2D eigenvalue weighted by molar-refractivity contribution is 7.17. The fourth-order valence-corrected chi connectivity index (χ4v) is 2.73. The lowest BCUT2D eigenvalue weighted by Gasteiger charge is -2.04. The summed E-state index contributed by atoms with van der Waals surface area (Å²) in [6.45, 7) is -1.57. The number of carbonyl (C=O) groups excluding carboxylic acids is 1. The number of nitrogens with one attached hydrogen (secondary N) is 2. The van der Waals surface area contributed by atoms with Gasteiger partial charge in [-0.3, -0.25) is 4.79 Å².